The van der Waals surface area contributed by atoms with E-state index in [-0.39, 0.29) is 0 Å². The minimum atomic E-state index is 0.296. The van der Waals surface area contributed by atoms with Gasteiger partial charge < -0.3 is 0 Å². The molecule has 2 radical (unpaired) electrons. The van der Waals surface area contributed by atoms with E-state index in [9.17, 15) is 0 Å². The fraction of sp³-hybridized carbons (Fsp3) is 0.600. The fourth-order valence-electron chi connectivity index (χ4n) is 0.680. The highest BCUT2D eigenvalue weighted by atomic mass is 79.9. The van der Waals surface area contributed by atoms with Crippen molar-refractivity contribution in [2.75, 3.05) is 0 Å². The highest BCUT2D eigenvalue weighted by Gasteiger charge is 2.09. The van der Waals surface area contributed by atoms with Crippen molar-refractivity contribution >= 4 is 23.8 Å². The van der Waals surface area contributed by atoms with Crippen LogP contribution in [0.2, 0.25) is 5.82 Å². The van der Waals surface area contributed by atoms with Crippen LogP contribution in [0.3, 0.4) is 0 Å². The summed E-state index contributed by atoms with van der Waals surface area (Å²) in [4.78, 5) is 0.530. The maximum Gasteiger partial charge on any atom is 0.0755 e. The Morgan fingerprint density at radius 3 is 2.43 bits per heavy atom. The van der Waals surface area contributed by atoms with E-state index in [0.717, 1.165) is 6.42 Å². The zero-order valence-corrected chi connectivity index (χ0v) is 5.56. The van der Waals surface area contributed by atoms with Gasteiger partial charge in [-0.05, 0) is 6.42 Å². The average Bonchev–Trinajstić information content (AvgIpc) is 1.87. The van der Waals surface area contributed by atoms with E-state index in [0.29, 0.717) is 10.6 Å². The minimum absolute atomic E-state index is 0.296. The normalized spacial score (nSPS) is 39.6. The lowest BCUT2D eigenvalue weighted by molar-refractivity contribution is 0.950. The lowest BCUT2D eigenvalue weighted by Gasteiger charge is -1.96. The quantitative estimate of drug-likeness (QED) is 0.285. The number of hydrogen-bond donors (Lipinski definition) is 0. The van der Waals surface area contributed by atoms with E-state index in [2.05, 4.69) is 22.0 Å². The first-order valence-corrected chi connectivity index (χ1v) is 3.28. The van der Waals surface area contributed by atoms with Gasteiger partial charge in [0.25, 0.3) is 0 Å². The molecule has 0 aromatic rings. The molecule has 2 atom stereocenters. The van der Waals surface area contributed by atoms with Gasteiger partial charge in [0.2, 0.25) is 0 Å². The second kappa shape index (κ2) is 2.04. The van der Waals surface area contributed by atoms with Gasteiger partial charge in [0.1, 0.15) is 0 Å². The predicted octanol–water partition coefficient (Wildman–Crippen LogP) is 1.67. The molecule has 0 N–H and O–H groups in total. The van der Waals surface area contributed by atoms with E-state index in [1.165, 1.54) is 0 Å². The topological polar surface area (TPSA) is 0 Å². The summed E-state index contributed by atoms with van der Waals surface area (Å²) in [7, 11) is 5.51. The molecule has 0 aromatic heterocycles. The molecule has 0 aromatic carbocycles. The van der Waals surface area contributed by atoms with Crippen LogP contribution in [0.5, 0.6) is 0 Å². The summed E-state index contributed by atoms with van der Waals surface area (Å²) in [6.07, 6.45) is 5.17. The maximum atomic E-state index is 5.51. The number of rotatable bonds is 0. The first kappa shape index (κ1) is 5.42. The molecule has 1 aliphatic rings. The maximum absolute atomic E-state index is 5.51. The summed E-state index contributed by atoms with van der Waals surface area (Å²) < 4.78 is 0. The third kappa shape index (κ3) is 1.34. The Balaban J connectivity index is 2.42. The molecule has 2 heteroatoms. The van der Waals surface area contributed by atoms with Gasteiger partial charge in [0.15, 0.2) is 0 Å². The van der Waals surface area contributed by atoms with Crippen LogP contribution < -0.4 is 0 Å². The van der Waals surface area contributed by atoms with Crippen LogP contribution in [0.15, 0.2) is 12.2 Å². The Kier molecular flexibility index (Phi) is 1.58. The first-order valence-electron chi connectivity index (χ1n) is 2.37. The van der Waals surface area contributed by atoms with E-state index in [1.807, 2.05) is 6.08 Å². The van der Waals surface area contributed by atoms with Crippen LogP contribution in [-0.4, -0.2) is 12.7 Å². The molecule has 0 bridgehead atoms. The second-order valence-electron chi connectivity index (χ2n) is 1.80. The van der Waals surface area contributed by atoms with Crippen LogP contribution in [0.25, 0.3) is 0 Å². The highest BCUT2D eigenvalue weighted by molar-refractivity contribution is 9.09. The van der Waals surface area contributed by atoms with E-state index >= 15 is 0 Å². The fourth-order valence-corrected chi connectivity index (χ4v) is 1.29. The van der Waals surface area contributed by atoms with Crippen LogP contribution >= 0.6 is 15.9 Å². The Morgan fingerprint density at radius 1 is 1.57 bits per heavy atom. The molecule has 0 unspecified atom stereocenters. The molecule has 0 nitrogen and oxygen atoms in total. The Hall–Kier alpha value is 0.285. The van der Waals surface area contributed by atoms with Crippen molar-refractivity contribution in [2.45, 2.75) is 17.1 Å². The SMILES string of the molecule is [B][C@H]1C=C[C@@H](Br)C1. The average molecular weight is 157 g/mol. The van der Waals surface area contributed by atoms with Crippen LogP contribution in [0.4, 0.5) is 0 Å². The largest absolute Gasteiger partial charge is 0.0929 e. The Bertz CT molecular complexity index is 80.1. The monoisotopic (exact) mass is 156 g/mol. The van der Waals surface area contributed by atoms with Gasteiger partial charge >= 0.3 is 0 Å². The van der Waals surface area contributed by atoms with Gasteiger partial charge in [-0.1, -0.05) is 33.9 Å². The second-order valence-corrected chi connectivity index (χ2v) is 2.98. The third-order valence-corrected chi connectivity index (χ3v) is 1.74. The Labute approximate surface area is 53.5 Å². The van der Waals surface area contributed by atoms with Crippen molar-refractivity contribution in [3.05, 3.63) is 12.2 Å². The molecule has 0 spiro atoms. The molecule has 7 heavy (non-hydrogen) atoms. The molecule has 1 rings (SSSR count). The molecule has 1 aliphatic carbocycles. The molecule has 0 saturated heterocycles. The molecule has 0 fully saturated rings. The summed E-state index contributed by atoms with van der Waals surface area (Å²) in [5, 5.41) is 0. The van der Waals surface area contributed by atoms with Crippen LogP contribution in [0.1, 0.15) is 6.42 Å². The molecule has 0 amide bonds. The van der Waals surface area contributed by atoms with Gasteiger partial charge in [-0.2, -0.15) is 0 Å². The number of alkyl halides is 1. The molecular weight excluding hydrogens is 151 g/mol. The predicted molar refractivity (Wildman–Crippen MR) is 36.0 cm³/mol. The van der Waals surface area contributed by atoms with Crippen LogP contribution in [0, 0.1) is 0 Å². The lowest BCUT2D eigenvalue weighted by atomic mass is 9.88. The third-order valence-electron chi connectivity index (χ3n) is 1.06. The molecule has 0 heterocycles. The molecule has 36 valence electrons. The Morgan fingerprint density at radius 2 is 2.29 bits per heavy atom. The summed E-state index contributed by atoms with van der Waals surface area (Å²) in [5.74, 6) is 0.296. The van der Waals surface area contributed by atoms with Crippen LogP contribution in [-0.2, 0) is 0 Å². The van der Waals surface area contributed by atoms with Crippen molar-refractivity contribution in [3.8, 4) is 0 Å². The molecular formula is C5H6BBr. The lowest BCUT2D eigenvalue weighted by Crippen LogP contribution is -1.87. The van der Waals surface area contributed by atoms with Gasteiger partial charge in [0, 0.05) is 4.83 Å². The van der Waals surface area contributed by atoms with Crippen molar-refractivity contribution < 1.29 is 0 Å². The number of allylic oxidation sites excluding steroid dienone is 2. The van der Waals surface area contributed by atoms with Gasteiger partial charge in [-0.25, -0.2) is 0 Å². The highest BCUT2D eigenvalue weighted by Crippen LogP contribution is 2.24. The zero-order chi connectivity index (χ0) is 5.28. The first-order chi connectivity index (χ1) is 3.29. The molecule has 0 aliphatic heterocycles. The van der Waals surface area contributed by atoms with Crippen molar-refractivity contribution in [1.29, 1.82) is 0 Å². The van der Waals surface area contributed by atoms with Crippen molar-refractivity contribution in [1.82, 2.24) is 0 Å². The smallest absolute Gasteiger partial charge is 0.0755 e. The minimum Gasteiger partial charge on any atom is -0.0929 e. The van der Waals surface area contributed by atoms with E-state index in [4.69, 9.17) is 7.85 Å². The van der Waals surface area contributed by atoms with Gasteiger partial charge in [-0.3, -0.25) is 0 Å². The summed E-state index contributed by atoms with van der Waals surface area (Å²) in [6.45, 7) is 0. The number of hydrogen-bond acceptors (Lipinski definition) is 0. The summed E-state index contributed by atoms with van der Waals surface area (Å²) in [5.41, 5.74) is 0. The zero-order valence-electron chi connectivity index (χ0n) is 3.97. The van der Waals surface area contributed by atoms with Gasteiger partial charge in [0.05, 0.1) is 7.85 Å². The number of halogens is 1. The van der Waals surface area contributed by atoms with Crippen molar-refractivity contribution in [3.63, 3.8) is 0 Å². The van der Waals surface area contributed by atoms with E-state index in [1.54, 1.807) is 0 Å². The molecule has 0 saturated carbocycles. The van der Waals surface area contributed by atoms with Crippen molar-refractivity contribution in [2.24, 2.45) is 0 Å². The summed E-state index contributed by atoms with van der Waals surface area (Å²) in [6, 6.07) is 0. The summed E-state index contributed by atoms with van der Waals surface area (Å²) >= 11 is 3.41. The standard InChI is InChI=1S/C5H6BBr/c6-4-1-2-5(7)3-4/h1-2,4-5H,3H2/t4-,5+/m0/s1. The van der Waals surface area contributed by atoms with Gasteiger partial charge in [-0.15, -0.1) is 0 Å². The van der Waals surface area contributed by atoms with E-state index < -0.39 is 0 Å².